The SMILES string of the molecule is C[C@@H]1CN([C@H](C)CO)C(=O)c2cc(-c3ccccc3F)cnc2O[C@H]1CN(C)C(=O)NC1CCCC1. The van der Waals surface area contributed by atoms with E-state index in [0.29, 0.717) is 24.2 Å². The fourth-order valence-corrected chi connectivity index (χ4v) is 4.87. The van der Waals surface area contributed by atoms with Crippen LogP contribution in [0.3, 0.4) is 0 Å². The summed E-state index contributed by atoms with van der Waals surface area (Å²) in [7, 11) is 1.73. The number of hydrogen-bond donors (Lipinski definition) is 2. The van der Waals surface area contributed by atoms with Crippen LogP contribution >= 0.6 is 0 Å². The molecule has 194 valence electrons. The predicted molar refractivity (Wildman–Crippen MR) is 134 cm³/mol. The number of halogens is 1. The molecule has 0 radical (unpaired) electrons. The summed E-state index contributed by atoms with van der Waals surface area (Å²) in [6, 6.07) is 7.50. The Bertz CT molecular complexity index is 1090. The van der Waals surface area contributed by atoms with Crippen molar-refractivity contribution in [3.05, 3.63) is 47.9 Å². The number of carbonyl (C=O) groups excluding carboxylic acids is 2. The number of nitrogens with one attached hydrogen (secondary N) is 1. The Morgan fingerprint density at radius 2 is 2.03 bits per heavy atom. The number of aliphatic hydroxyl groups excluding tert-OH is 1. The molecule has 8 nitrogen and oxygen atoms in total. The third kappa shape index (κ3) is 5.61. The highest BCUT2D eigenvalue weighted by molar-refractivity contribution is 5.98. The molecule has 0 saturated heterocycles. The fourth-order valence-electron chi connectivity index (χ4n) is 4.87. The van der Waals surface area contributed by atoms with Gasteiger partial charge in [0.1, 0.15) is 17.5 Å². The molecule has 0 unspecified atom stereocenters. The number of nitrogens with zero attached hydrogens (tertiary/aromatic N) is 3. The second kappa shape index (κ2) is 11.2. The molecule has 2 aromatic rings. The molecule has 0 spiro atoms. The van der Waals surface area contributed by atoms with Crippen LogP contribution in [-0.2, 0) is 0 Å². The first kappa shape index (κ1) is 25.9. The van der Waals surface area contributed by atoms with Gasteiger partial charge in [0.25, 0.3) is 5.91 Å². The summed E-state index contributed by atoms with van der Waals surface area (Å²) in [5.74, 6) is -0.766. The van der Waals surface area contributed by atoms with Gasteiger partial charge in [-0.3, -0.25) is 4.79 Å². The summed E-state index contributed by atoms with van der Waals surface area (Å²) < 4.78 is 20.7. The molecule has 36 heavy (non-hydrogen) atoms. The molecule has 2 N–H and O–H groups in total. The zero-order valence-corrected chi connectivity index (χ0v) is 21.1. The highest BCUT2D eigenvalue weighted by Crippen LogP contribution is 2.31. The lowest BCUT2D eigenvalue weighted by atomic mass is 9.99. The zero-order valence-electron chi connectivity index (χ0n) is 21.1. The van der Waals surface area contributed by atoms with Gasteiger partial charge in [0, 0.05) is 42.9 Å². The number of urea groups is 1. The van der Waals surface area contributed by atoms with E-state index in [1.807, 2.05) is 6.92 Å². The molecule has 1 aliphatic carbocycles. The number of fused-ring (bicyclic) bond motifs is 1. The van der Waals surface area contributed by atoms with E-state index in [4.69, 9.17) is 4.74 Å². The maximum Gasteiger partial charge on any atom is 0.317 e. The summed E-state index contributed by atoms with van der Waals surface area (Å²) in [5.41, 5.74) is 0.988. The van der Waals surface area contributed by atoms with E-state index in [1.165, 1.54) is 12.3 Å². The first-order valence-corrected chi connectivity index (χ1v) is 12.6. The lowest BCUT2D eigenvalue weighted by molar-refractivity contribution is 0.0351. The van der Waals surface area contributed by atoms with E-state index in [0.717, 1.165) is 25.7 Å². The highest BCUT2D eigenvalue weighted by atomic mass is 19.1. The van der Waals surface area contributed by atoms with Crippen LogP contribution in [0.4, 0.5) is 9.18 Å². The third-order valence-corrected chi connectivity index (χ3v) is 7.19. The van der Waals surface area contributed by atoms with Crippen LogP contribution in [0.5, 0.6) is 5.88 Å². The summed E-state index contributed by atoms with van der Waals surface area (Å²) in [6.45, 7) is 4.15. The lowest BCUT2D eigenvalue weighted by Gasteiger charge is -2.37. The molecule has 1 aromatic carbocycles. The Kier molecular flexibility index (Phi) is 8.08. The van der Waals surface area contributed by atoms with Crippen molar-refractivity contribution in [2.45, 2.75) is 57.7 Å². The molecule has 1 aromatic heterocycles. The molecule has 3 amide bonds. The number of ether oxygens (including phenoxy) is 1. The van der Waals surface area contributed by atoms with Crippen LogP contribution in [0.25, 0.3) is 11.1 Å². The normalized spacial score (nSPS) is 21.2. The molecule has 1 saturated carbocycles. The van der Waals surface area contributed by atoms with Gasteiger partial charge >= 0.3 is 6.03 Å². The molecule has 1 fully saturated rings. The van der Waals surface area contributed by atoms with Gasteiger partial charge in [-0.15, -0.1) is 0 Å². The quantitative estimate of drug-likeness (QED) is 0.634. The van der Waals surface area contributed by atoms with E-state index in [-0.39, 0.29) is 41.9 Å². The lowest BCUT2D eigenvalue weighted by Crippen LogP contribution is -2.52. The van der Waals surface area contributed by atoms with Crippen LogP contribution in [0.2, 0.25) is 0 Å². The molecule has 1 aliphatic heterocycles. The van der Waals surface area contributed by atoms with E-state index >= 15 is 0 Å². The Morgan fingerprint density at radius 1 is 1.31 bits per heavy atom. The second-order valence-corrected chi connectivity index (χ2v) is 9.99. The minimum Gasteiger partial charge on any atom is -0.472 e. The Labute approximate surface area is 211 Å². The van der Waals surface area contributed by atoms with Crippen LogP contribution in [-0.4, -0.2) is 76.8 Å². The molecule has 4 rings (SSSR count). The van der Waals surface area contributed by atoms with Gasteiger partial charge < -0.3 is 25.0 Å². The number of amides is 3. The molecule has 2 heterocycles. The van der Waals surface area contributed by atoms with Crippen molar-refractivity contribution in [1.82, 2.24) is 20.1 Å². The Balaban J connectivity index is 1.63. The molecular weight excluding hydrogens is 463 g/mol. The van der Waals surface area contributed by atoms with Crippen molar-refractivity contribution in [3.8, 4) is 17.0 Å². The number of aliphatic hydroxyl groups is 1. The van der Waals surface area contributed by atoms with E-state index in [9.17, 15) is 19.1 Å². The monoisotopic (exact) mass is 498 g/mol. The number of benzene rings is 1. The van der Waals surface area contributed by atoms with Gasteiger partial charge in [-0.2, -0.15) is 0 Å². The number of aromatic nitrogens is 1. The predicted octanol–water partition coefficient (Wildman–Crippen LogP) is 3.69. The Morgan fingerprint density at radius 3 is 2.72 bits per heavy atom. The van der Waals surface area contributed by atoms with Crippen molar-refractivity contribution in [2.75, 3.05) is 26.7 Å². The summed E-state index contributed by atoms with van der Waals surface area (Å²) in [4.78, 5) is 34.0. The minimum absolute atomic E-state index is 0.136. The van der Waals surface area contributed by atoms with E-state index in [1.54, 1.807) is 48.0 Å². The van der Waals surface area contributed by atoms with Crippen molar-refractivity contribution >= 4 is 11.9 Å². The Hall–Kier alpha value is -3.20. The van der Waals surface area contributed by atoms with Gasteiger partial charge in [0.05, 0.1) is 19.2 Å². The molecular formula is C27H35FN4O4. The molecule has 3 atom stereocenters. The third-order valence-electron chi connectivity index (χ3n) is 7.19. The number of likely N-dealkylation sites (N-methyl/N-ethyl adjacent to an activating group) is 1. The number of rotatable bonds is 6. The van der Waals surface area contributed by atoms with Crippen molar-refractivity contribution in [3.63, 3.8) is 0 Å². The van der Waals surface area contributed by atoms with Gasteiger partial charge in [0.15, 0.2) is 0 Å². The summed E-state index contributed by atoms with van der Waals surface area (Å²) >= 11 is 0. The van der Waals surface area contributed by atoms with Gasteiger partial charge in [-0.1, -0.05) is 38.0 Å². The topological polar surface area (TPSA) is 95.0 Å². The van der Waals surface area contributed by atoms with Gasteiger partial charge in [-0.25, -0.2) is 14.2 Å². The maximum atomic E-state index is 14.5. The van der Waals surface area contributed by atoms with Crippen molar-refractivity contribution in [1.29, 1.82) is 0 Å². The molecule has 2 aliphatic rings. The van der Waals surface area contributed by atoms with Gasteiger partial charge in [0.2, 0.25) is 5.88 Å². The zero-order chi connectivity index (χ0) is 25.8. The largest absolute Gasteiger partial charge is 0.472 e. The van der Waals surface area contributed by atoms with E-state index in [2.05, 4.69) is 10.3 Å². The summed E-state index contributed by atoms with van der Waals surface area (Å²) in [5, 5.41) is 12.9. The average Bonchev–Trinajstić information content (AvgIpc) is 3.38. The number of pyridine rings is 1. The summed E-state index contributed by atoms with van der Waals surface area (Å²) in [6.07, 6.45) is 5.28. The van der Waals surface area contributed by atoms with Crippen molar-refractivity contribution in [2.24, 2.45) is 5.92 Å². The van der Waals surface area contributed by atoms with Crippen LogP contribution in [0, 0.1) is 11.7 Å². The van der Waals surface area contributed by atoms with Crippen LogP contribution < -0.4 is 10.1 Å². The standard InChI is InChI=1S/C27H35FN4O4/c1-17-14-32(18(2)16-33)26(34)22-12-19(21-10-6-7-11-23(21)28)13-29-25(22)36-24(17)15-31(3)27(35)30-20-8-4-5-9-20/h6-7,10-13,17-18,20,24,33H,4-5,8-9,14-16H2,1-3H3,(H,30,35)/t17-,18-,24+/m1/s1. The maximum absolute atomic E-state index is 14.5. The average molecular weight is 499 g/mol. The number of carbonyl (C=O) groups is 2. The second-order valence-electron chi connectivity index (χ2n) is 9.99. The highest BCUT2D eigenvalue weighted by Gasteiger charge is 2.35. The fraction of sp³-hybridized carbons (Fsp3) is 0.519. The van der Waals surface area contributed by atoms with E-state index < -0.39 is 18.0 Å². The number of hydrogen-bond acceptors (Lipinski definition) is 5. The van der Waals surface area contributed by atoms with Crippen LogP contribution in [0.1, 0.15) is 49.9 Å². The minimum atomic E-state index is -0.448. The first-order valence-electron chi connectivity index (χ1n) is 12.6. The van der Waals surface area contributed by atoms with Gasteiger partial charge in [-0.05, 0) is 31.9 Å². The first-order chi connectivity index (χ1) is 17.3. The molecule has 0 bridgehead atoms. The molecule has 9 heteroatoms. The smallest absolute Gasteiger partial charge is 0.317 e. The van der Waals surface area contributed by atoms with Crippen molar-refractivity contribution < 1.29 is 23.8 Å². The van der Waals surface area contributed by atoms with Crippen LogP contribution in [0.15, 0.2) is 36.5 Å².